The van der Waals surface area contributed by atoms with Gasteiger partial charge in [-0.2, -0.15) is 5.26 Å². The highest BCUT2D eigenvalue weighted by atomic mass is 16.2. The second-order valence-corrected chi connectivity index (χ2v) is 3.73. The van der Waals surface area contributed by atoms with Crippen LogP contribution in [0.15, 0.2) is 0 Å². The lowest BCUT2D eigenvalue weighted by molar-refractivity contribution is -0.129. The van der Waals surface area contributed by atoms with Crippen molar-refractivity contribution < 1.29 is 9.59 Å². The first kappa shape index (κ1) is 11.5. The van der Waals surface area contributed by atoms with Gasteiger partial charge in [0, 0.05) is 6.04 Å². The van der Waals surface area contributed by atoms with E-state index in [0.29, 0.717) is 0 Å². The monoisotopic (exact) mass is 209 g/mol. The normalized spacial score (nSPS) is 16.7. The van der Waals surface area contributed by atoms with Gasteiger partial charge in [-0.15, -0.1) is 0 Å². The molecule has 3 amide bonds. The van der Waals surface area contributed by atoms with Gasteiger partial charge in [-0.25, -0.2) is 4.79 Å². The lowest BCUT2D eigenvalue weighted by atomic mass is 9.94. The minimum Gasteiger partial charge on any atom is -0.351 e. The summed E-state index contributed by atoms with van der Waals surface area (Å²) in [4.78, 5) is 23.7. The van der Waals surface area contributed by atoms with Crippen molar-refractivity contribution in [3.63, 3.8) is 0 Å². The zero-order chi connectivity index (χ0) is 11.3. The summed E-state index contributed by atoms with van der Waals surface area (Å²) in [5.74, 6) is -0.475. The third-order valence-corrected chi connectivity index (χ3v) is 2.68. The fourth-order valence-corrected chi connectivity index (χ4v) is 2.00. The highest BCUT2D eigenvalue weighted by molar-refractivity contribution is 5.94. The molecule has 5 nitrogen and oxygen atoms in total. The molecule has 0 aromatic heterocycles. The molecule has 2 N–H and O–H groups in total. The van der Waals surface area contributed by atoms with Gasteiger partial charge < -0.3 is 5.73 Å². The van der Waals surface area contributed by atoms with Gasteiger partial charge in [-0.1, -0.05) is 19.3 Å². The standard InChI is InChI=1S/C10H15N3O2/c11-7-6-9(14)13(10(12)15)8-4-2-1-3-5-8/h8H,1-6H2,(H2,12,15). The molecule has 0 aliphatic heterocycles. The number of carbonyl (C=O) groups is 2. The molecule has 1 aliphatic rings. The van der Waals surface area contributed by atoms with Crippen LogP contribution >= 0.6 is 0 Å². The lowest BCUT2D eigenvalue weighted by Gasteiger charge is -2.30. The maximum absolute atomic E-state index is 11.5. The number of urea groups is 1. The quantitative estimate of drug-likeness (QED) is 0.739. The van der Waals surface area contributed by atoms with E-state index in [9.17, 15) is 9.59 Å². The number of nitriles is 1. The Morgan fingerprint density at radius 3 is 2.40 bits per heavy atom. The number of nitrogens with zero attached hydrogens (tertiary/aromatic N) is 2. The van der Waals surface area contributed by atoms with Crippen LogP contribution in [0.4, 0.5) is 4.79 Å². The Bertz CT molecular complexity index is 290. The van der Waals surface area contributed by atoms with Crippen LogP contribution in [-0.4, -0.2) is 22.9 Å². The van der Waals surface area contributed by atoms with Crippen LogP contribution in [-0.2, 0) is 4.79 Å². The number of amides is 3. The van der Waals surface area contributed by atoms with Crippen molar-refractivity contribution in [1.82, 2.24) is 4.90 Å². The van der Waals surface area contributed by atoms with Crippen LogP contribution < -0.4 is 5.73 Å². The molecule has 1 saturated carbocycles. The molecule has 0 radical (unpaired) electrons. The highest BCUT2D eigenvalue weighted by Crippen LogP contribution is 2.22. The summed E-state index contributed by atoms with van der Waals surface area (Å²) < 4.78 is 0. The number of carbonyl (C=O) groups excluding carboxylic acids is 2. The predicted molar refractivity (Wildman–Crippen MR) is 53.5 cm³/mol. The first-order valence-corrected chi connectivity index (χ1v) is 5.15. The van der Waals surface area contributed by atoms with E-state index in [4.69, 9.17) is 11.0 Å². The van der Waals surface area contributed by atoms with Gasteiger partial charge in [0.15, 0.2) is 0 Å². The summed E-state index contributed by atoms with van der Waals surface area (Å²) in [5, 5.41) is 8.42. The summed E-state index contributed by atoms with van der Waals surface area (Å²) in [7, 11) is 0. The minimum absolute atomic E-state index is 0.0999. The van der Waals surface area contributed by atoms with Gasteiger partial charge in [-0.3, -0.25) is 9.69 Å². The average molecular weight is 209 g/mol. The number of primary amides is 1. The first-order chi connectivity index (χ1) is 7.16. The molecule has 1 fully saturated rings. The summed E-state index contributed by atoms with van der Waals surface area (Å²) in [6.07, 6.45) is 4.48. The van der Waals surface area contributed by atoms with E-state index in [1.807, 2.05) is 0 Å². The van der Waals surface area contributed by atoms with Crippen molar-refractivity contribution in [3.05, 3.63) is 0 Å². The van der Waals surface area contributed by atoms with Gasteiger partial charge in [0.25, 0.3) is 0 Å². The van der Waals surface area contributed by atoms with Gasteiger partial charge in [0.1, 0.15) is 6.42 Å². The summed E-state index contributed by atoms with van der Waals surface area (Å²) in [6.45, 7) is 0. The number of nitrogens with two attached hydrogens (primary N) is 1. The minimum atomic E-state index is -0.734. The molecule has 82 valence electrons. The van der Waals surface area contributed by atoms with E-state index in [1.54, 1.807) is 6.07 Å². The van der Waals surface area contributed by atoms with Crippen molar-refractivity contribution in [3.8, 4) is 6.07 Å². The molecule has 15 heavy (non-hydrogen) atoms. The molecule has 0 bridgehead atoms. The molecule has 0 unspecified atom stereocenters. The number of hydrogen-bond donors (Lipinski definition) is 1. The van der Waals surface area contributed by atoms with E-state index in [0.717, 1.165) is 37.0 Å². The van der Waals surface area contributed by atoms with Gasteiger partial charge in [0.2, 0.25) is 5.91 Å². The van der Waals surface area contributed by atoms with Crippen LogP contribution in [0.1, 0.15) is 38.5 Å². The Morgan fingerprint density at radius 2 is 1.93 bits per heavy atom. The largest absolute Gasteiger partial charge is 0.351 e. The number of hydrogen-bond acceptors (Lipinski definition) is 3. The van der Waals surface area contributed by atoms with Crippen LogP contribution in [0, 0.1) is 11.3 Å². The van der Waals surface area contributed by atoms with E-state index < -0.39 is 11.9 Å². The van der Waals surface area contributed by atoms with Crippen molar-refractivity contribution >= 4 is 11.9 Å². The SMILES string of the molecule is N#CCC(=O)N(C(N)=O)C1CCCCC1. The zero-order valence-electron chi connectivity index (χ0n) is 8.61. The average Bonchev–Trinajstić information content (AvgIpc) is 2.19. The smallest absolute Gasteiger partial charge is 0.321 e. The molecule has 0 aromatic rings. The van der Waals surface area contributed by atoms with Crippen molar-refractivity contribution in [2.75, 3.05) is 0 Å². The van der Waals surface area contributed by atoms with Crippen molar-refractivity contribution in [2.45, 2.75) is 44.6 Å². The van der Waals surface area contributed by atoms with E-state index in [-0.39, 0.29) is 12.5 Å². The van der Waals surface area contributed by atoms with Crippen LogP contribution in [0.5, 0.6) is 0 Å². The van der Waals surface area contributed by atoms with Gasteiger partial charge >= 0.3 is 6.03 Å². The molecule has 0 saturated heterocycles. The molecule has 0 aromatic carbocycles. The van der Waals surface area contributed by atoms with Crippen LogP contribution in [0.3, 0.4) is 0 Å². The van der Waals surface area contributed by atoms with E-state index in [2.05, 4.69) is 0 Å². The molecule has 0 atom stereocenters. The van der Waals surface area contributed by atoms with Crippen molar-refractivity contribution in [1.29, 1.82) is 5.26 Å². The molecule has 0 heterocycles. The highest BCUT2D eigenvalue weighted by Gasteiger charge is 2.28. The fourth-order valence-electron chi connectivity index (χ4n) is 2.00. The molecule has 5 heteroatoms. The molecule has 1 rings (SSSR count). The number of rotatable bonds is 2. The van der Waals surface area contributed by atoms with Crippen LogP contribution in [0.25, 0.3) is 0 Å². The topological polar surface area (TPSA) is 87.2 Å². The predicted octanol–water partition coefficient (Wildman–Crippen LogP) is 1.14. The second-order valence-electron chi connectivity index (χ2n) is 3.73. The Kier molecular flexibility index (Phi) is 4.10. The summed E-state index contributed by atoms with van der Waals surface area (Å²) >= 11 is 0. The Labute approximate surface area is 88.8 Å². The van der Waals surface area contributed by atoms with Gasteiger partial charge in [0.05, 0.1) is 6.07 Å². The van der Waals surface area contributed by atoms with E-state index >= 15 is 0 Å². The van der Waals surface area contributed by atoms with Crippen molar-refractivity contribution in [2.24, 2.45) is 5.73 Å². The number of imide groups is 1. The maximum atomic E-state index is 11.5. The third-order valence-electron chi connectivity index (χ3n) is 2.68. The Balaban J connectivity index is 2.68. The molecule has 0 spiro atoms. The summed E-state index contributed by atoms with van der Waals surface area (Å²) in [5.41, 5.74) is 5.16. The molecule has 1 aliphatic carbocycles. The van der Waals surface area contributed by atoms with E-state index in [1.165, 1.54) is 0 Å². The van der Waals surface area contributed by atoms with Gasteiger partial charge in [-0.05, 0) is 12.8 Å². The van der Waals surface area contributed by atoms with Crippen LogP contribution in [0.2, 0.25) is 0 Å². The Hall–Kier alpha value is -1.57. The first-order valence-electron chi connectivity index (χ1n) is 5.15. The Morgan fingerprint density at radius 1 is 1.33 bits per heavy atom. The second kappa shape index (κ2) is 5.35. The molecular weight excluding hydrogens is 194 g/mol. The lowest BCUT2D eigenvalue weighted by Crippen LogP contribution is -2.48. The molecular formula is C10H15N3O2. The fraction of sp³-hybridized carbons (Fsp3) is 0.700. The summed E-state index contributed by atoms with van der Waals surface area (Å²) in [6, 6.07) is 0.909. The third kappa shape index (κ3) is 2.94. The maximum Gasteiger partial charge on any atom is 0.321 e. The zero-order valence-corrected chi connectivity index (χ0v) is 8.61.